The summed E-state index contributed by atoms with van der Waals surface area (Å²) in [6, 6.07) is 15.1. The number of nitrogens with one attached hydrogen (secondary N) is 1. The fourth-order valence-corrected chi connectivity index (χ4v) is 5.64. The molecule has 2 aromatic rings. The highest BCUT2D eigenvalue weighted by Gasteiger charge is 2.32. The second-order valence-corrected chi connectivity index (χ2v) is 10.1. The monoisotopic (exact) mass is 464 g/mol. The molecule has 4 rings (SSSR count). The summed E-state index contributed by atoms with van der Waals surface area (Å²) < 4.78 is 0. The standard InChI is InChI=1S/C28H36N2O4/c1-18-15-24(31)12-13-25(18)23-6-3-5-20(16-23)17-30-14-4-7-26(30)27(32)29-19(2)21-8-10-22(11-9-21)28(33)34/h3,5-6,8-11,16,18-19,24-26,31H,4,7,12-15,17H2,1-2H3,(H,29,32)(H,33,34)/t18?,19-,24?,25?,26+/m0/s1. The normalized spacial score (nSPS) is 26.2. The molecule has 3 N–H and O–H groups in total. The average Bonchev–Trinajstić information content (AvgIpc) is 3.27. The number of carboxylic acid groups (broad SMARTS) is 1. The molecule has 0 aromatic heterocycles. The molecule has 1 aliphatic carbocycles. The van der Waals surface area contributed by atoms with Crippen molar-refractivity contribution in [1.82, 2.24) is 10.2 Å². The molecule has 2 aromatic carbocycles. The minimum absolute atomic E-state index is 0.0263. The smallest absolute Gasteiger partial charge is 0.335 e. The Balaban J connectivity index is 1.38. The molecule has 1 heterocycles. The molecule has 6 heteroatoms. The molecule has 0 spiro atoms. The number of hydrogen-bond donors (Lipinski definition) is 3. The van der Waals surface area contributed by atoms with E-state index in [-0.39, 0.29) is 29.7 Å². The number of carbonyl (C=O) groups excluding carboxylic acids is 1. The van der Waals surface area contributed by atoms with E-state index in [1.165, 1.54) is 11.1 Å². The summed E-state index contributed by atoms with van der Waals surface area (Å²) in [6.07, 6.45) is 4.41. The van der Waals surface area contributed by atoms with Crippen LogP contribution >= 0.6 is 0 Å². The molecule has 1 saturated heterocycles. The molecule has 2 aliphatic rings. The quantitative estimate of drug-likeness (QED) is 0.562. The Kier molecular flexibility index (Phi) is 7.69. The number of rotatable bonds is 7. The van der Waals surface area contributed by atoms with Crippen LogP contribution in [0.25, 0.3) is 0 Å². The zero-order chi connectivity index (χ0) is 24.2. The second kappa shape index (κ2) is 10.7. The fraction of sp³-hybridized carbons (Fsp3) is 0.500. The third kappa shape index (κ3) is 5.68. The largest absolute Gasteiger partial charge is 0.478 e. The Morgan fingerprint density at radius 3 is 2.59 bits per heavy atom. The summed E-state index contributed by atoms with van der Waals surface area (Å²) >= 11 is 0. The second-order valence-electron chi connectivity index (χ2n) is 10.1. The average molecular weight is 465 g/mol. The Labute approximate surface area is 202 Å². The minimum Gasteiger partial charge on any atom is -0.478 e. The number of aliphatic hydroxyl groups is 1. The molecule has 0 bridgehead atoms. The minimum atomic E-state index is -0.954. The summed E-state index contributed by atoms with van der Waals surface area (Å²) in [4.78, 5) is 26.5. The highest BCUT2D eigenvalue weighted by Crippen LogP contribution is 2.38. The molecule has 2 fully saturated rings. The first-order valence-electron chi connectivity index (χ1n) is 12.5. The van der Waals surface area contributed by atoms with Crippen molar-refractivity contribution in [2.45, 2.75) is 76.6 Å². The number of carbonyl (C=O) groups is 2. The van der Waals surface area contributed by atoms with Gasteiger partial charge in [-0.05, 0) is 86.2 Å². The summed E-state index contributed by atoms with van der Waals surface area (Å²) in [5, 5.41) is 22.2. The van der Waals surface area contributed by atoms with Gasteiger partial charge < -0.3 is 15.5 Å². The predicted molar refractivity (Wildman–Crippen MR) is 132 cm³/mol. The lowest BCUT2D eigenvalue weighted by Crippen LogP contribution is -2.43. The molecule has 3 unspecified atom stereocenters. The van der Waals surface area contributed by atoms with Gasteiger partial charge in [-0.1, -0.05) is 43.3 Å². The van der Waals surface area contributed by atoms with Crippen molar-refractivity contribution in [2.75, 3.05) is 6.54 Å². The van der Waals surface area contributed by atoms with Gasteiger partial charge >= 0.3 is 5.97 Å². The van der Waals surface area contributed by atoms with Crippen LogP contribution in [-0.4, -0.2) is 45.7 Å². The fourth-order valence-electron chi connectivity index (χ4n) is 5.64. The van der Waals surface area contributed by atoms with Gasteiger partial charge in [0.15, 0.2) is 0 Å². The van der Waals surface area contributed by atoms with Crippen LogP contribution in [0.2, 0.25) is 0 Å². The third-order valence-electron chi connectivity index (χ3n) is 7.59. The first-order valence-corrected chi connectivity index (χ1v) is 12.5. The van der Waals surface area contributed by atoms with Crippen LogP contribution < -0.4 is 5.32 Å². The molecule has 1 aliphatic heterocycles. The van der Waals surface area contributed by atoms with Gasteiger partial charge in [0.25, 0.3) is 0 Å². The molecule has 1 saturated carbocycles. The zero-order valence-corrected chi connectivity index (χ0v) is 20.1. The van der Waals surface area contributed by atoms with E-state index in [0.717, 1.165) is 50.8 Å². The zero-order valence-electron chi connectivity index (χ0n) is 20.1. The number of nitrogens with zero attached hydrogens (tertiary/aromatic N) is 1. The van der Waals surface area contributed by atoms with Crippen molar-refractivity contribution in [3.63, 3.8) is 0 Å². The van der Waals surface area contributed by atoms with Crippen LogP contribution in [0.15, 0.2) is 48.5 Å². The van der Waals surface area contributed by atoms with E-state index in [9.17, 15) is 14.7 Å². The number of likely N-dealkylation sites (tertiary alicyclic amines) is 1. The lowest BCUT2D eigenvalue weighted by Gasteiger charge is -2.32. The van der Waals surface area contributed by atoms with E-state index in [4.69, 9.17) is 5.11 Å². The molecule has 0 radical (unpaired) electrons. The van der Waals surface area contributed by atoms with Crippen LogP contribution in [0.4, 0.5) is 0 Å². The summed E-state index contributed by atoms with van der Waals surface area (Å²) in [7, 11) is 0. The maximum atomic E-state index is 13.1. The van der Waals surface area contributed by atoms with Gasteiger partial charge in [0.05, 0.1) is 23.8 Å². The summed E-state index contributed by atoms with van der Waals surface area (Å²) in [6.45, 7) is 5.81. The SMILES string of the molecule is CC1CC(O)CCC1c1cccc(CN2CCC[C@@H]2C(=O)N[C@@H](C)c2ccc(C(=O)O)cc2)c1. The van der Waals surface area contributed by atoms with Crippen LogP contribution in [0, 0.1) is 5.92 Å². The van der Waals surface area contributed by atoms with Gasteiger partial charge in [0, 0.05) is 6.54 Å². The van der Waals surface area contributed by atoms with Crippen molar-refractivity contribution in [3.8, 4) is 0 Å². The van der Waals surface area contributed by atoms with Crippen molar-refractivity contribution in [3.05, 3.63) is 70.8 Å². The number of hydrogen-bond acceptors (Lipinski definition) is 4. The van der Waals surface area contributed by atoms with E-state index in [0.29, 0.717) is 11.8 Å². The number of carboxylic acids is 1. The topological polar surface area (TPSA) is 89.9 Å². The van der Waals surface area contributed by atoms with Gasteiger partial charge in [-0.2, -0.15) is 0 Å². The van der Waals surface area contributed by atoms with Crippen LogP contribution in [0.5, 0.6) is 0 Å². The number of benzene rings is 2. The lowest BCUT2D eigenvalue weighted by atomic mass is 9.75. The van der Waals surface area contributed by atoms with Crippen LogP contribution in [0.1, 0.15) is 85.0 Å². The van der Waals surface area contributed by atoms with Crippen molar-refractivity contribution in [1.29, 1.82) is 0 Å². The maximum absolute atomic E-state index is 13.1. The van der Waals surface area contributed by atoms with Gasteiger partial charge in [0.2, 0.25) is 5.91 Å². The molecule has 6 nitrogen and oxygen atoms in total. The third-order valence-corrected chi connectivity index (χ3v) is 7.59. The Hall–Kier alpha value is -2.70. The Bertz CT molecular complexity index is 1010. The Morgan fingerprint density at radius 2 is 1.88 bits per heavy atom. The van der Waals surface area contributed by atoms with Crippen LogP contribution in [0.3, 0.4) is 0 Å². The predicted octanol–water partition coefficient (Wildman–Crippen LogP) is 4.49. The van der Waals surface area contributed by atoms with Gasteiger partial charge in [-0.3, -0.25) is 9.69 Å². The summed E-state index contributed by atoms with van der Waals surface area (Å²) in [5.74, 6) is 0.0209. The van der Waals surface area contributed by atoms with E-state index in [1.807, 2.05) is 6.92 Å². The van der Waals surface area contributed by atoms with E-state index < -0.39 is 5.97 Å². The molecular weight excluding hydrogens is 428 g/mol. The number of amides is 1. The highest BCUT2D eigenvalue weighted by atomic mass is 16.4. The molecule has 1 amide bonds. The molecular formula is C28H36N2O4. The molecule has 34 heavy (non-hydrogen) atoms. The first-order chi connectivity index (χ1) is 16.3. The first kappa shape index (κ1) is 24.4. The summed E-state index contributed by atoms with van der Waals surface area (Å²) in [5.41, 5.74) is 3.70. The van der Waals surface area contributed by atoms with E-state index in [1.54, 1.807) is 24.3 Å². The number of aromatic carboxylic acids is 1. The molecule has 182 valence electrons. The van der Waals surface area contributed by atoms with E-state index >= 15 is 0 Å². The van der Waals surface area contributed by atoms with Crippen molar-refractivity contribution < 1.29 is 19.8 Å². The lowest BCUT2D eigenvalue weighted by molar-refractivity contribution is -0.126. The maximum Gasteiger partial charge on any atom is 0.335 e. The molecule has 5 atom stereocenters. The van der Waals surface area contributed by atoms with Gasteiger partial charge in [-0.15, -0.1) is 0 Å². The van der Waals surface area contributed by atoms with E-state index in [2.05, 4.69) is 41.4 Å². The highest BCUT2D eigenvalue weighted by molar-refractivity contribution is 5.87. The van der Waals surface area contributed by atoms with Crippen molar-refractivity contribution >= 4 is 11.9 Å². The van der Waals surface area contributed by atoms with Crippen LogP contribution in [-0.2, 0) is 11.3 Å². The van der Waals surface area contributed by atoms with Crippen molar-refractivity contribution in [2.24, 2.45) is 5.92 Å². The van der Waals surface area contributed by atoms with Gasteiger partial charge in [0.1, 0.15) is 0 Å². The number of aliphatic hydroxyl groups excluding tert-OH is 1. The van der Waals surface area contributed by atoms with Gasteiger partial charge in [-0.25, -0.2) is 4.79 Å². The Morgan fingerprint density at radius 1 is 1.12 bits per heavy atom.